The maximum absolute atomic E-state index is 12.6. The van der Waals surface area contributed by atoms with Gasteiger partial charge in [-0.15, -0.1) is 0 Å². The standard InChI is InChI=1S/C28H34N6O2S2/c1-19(2)38(35,36)23-9-6-8-22(15-23)37-32-24-10-5-7-21(4)25(24)26(29)34-14-13-33(18-28(34)11-12-28)27-30-16-20(3)17-31-27/h5-10,15-17,19,29,32H,11-14,18H2,1-4H3. The Balaban J connectivity index is 1.35. The van der Waals surface area contributed by atoms with E-state index in [0.717, 1.165) is 65.7 Å². The molecule has 1 saturated carbocycles. The van der Waals surface area contributed by atoms with Crippen LogP contribution in [0.15, 0.2) is 64.6 Å². The number of hydrogen-bond acceptors (Lipinski definition) is 8. The first kappa shape index (κ1) is 26.5. The molecule has 10 heteroatoms. The summed E-state index contributed by atoms with van der Waals surface area (Å²) in [6.45, 7) is 9.70. The van der Waals surface area contributed by atoms with Crippen LogP contribution in [-0.4, -0.2) is 59.5 Å². The van der Waals surface area contributed by atoms with Crippen LogP contribution in [-0.2, 0) is 9.84 Å². The minimum absolute atomic E-state index is 0.0736. The van der Waals surface area contributed by atoms with Crippen molar-refractivity contribution in [1.82, 2.24) is 14.9 Å². The number of nitrogens with zero attached hydrogens (tertiary/aromatic N) is 4. The van der Waals surface area contributed by atoms with E-state index in [2.05, 4.69) is 24.5 Å². The highest BCUT2D eigenvalue weighted by molar-refractivity contribution is 8.00. The quantitative estimate of drug-likeness (QED) is 0.239. The van der Waals surface area contributed by atoms with E-state index in [0.29, 0.717) is 10.7 Å². The molecule has 3 aromatic rings. The van der Waals surface area contributed by atoms with Crippen molar-refractivity contribution >= 4 is 39.3 Å². The zero-order chi connectivity index (χ0) is 27.1. The van der Waals surface area contributed by atoms with E-state index in [1.54, 1.807) is 32.0 Å². The molecule has 0 atom stereocenters. The second-order valence-corrected chi connectivity index (χ2v) is 13.9. The average molecular weight is 551 g/mol. The number of anilines is 2. The number of benzene rings is 2. The molecule has 2 heterocycles. The number of hydrogen-bond donors (Lipinski definition) is 2. The van der Waals surface area contributed by atoms with Crippen LogP contribution in [0.4, 0.5) is 11.6 Å². The zero-order valence-corrected chi connectivity index (χ0v) is 23.9. The fourth-order valence-corrected chi connectivity index (χ4v) is 6.83. The van der Waals surface area contributed by atoms with Crippen LogP contribution in [0, 0.1) is 19.3 Å². The van der Waals surface area contributed by atoms with Crippen LogP contribution in [0.5, 0.6) is 0 Å². The molecule has 38 heavy (non-hydrogen) atoms. The highest BCUT2D eigenvalue weighted by atomic mass is 32.2. The maximum Gasteiger partial charge on any atom is 0.225 e. The number of aryl methyl sites for hydroxylation is 2. The van der Waals surface area contributed by atoms with E-state index in [-0.39, 0.29) is 5.54 Å². The van der Waals surface area contributed by atoms with Gasteiger partial charge >= 0.3 is 0 Å². The Kier molecular flexibility index (Phi) is 7.13. The number of rotatable bonds is 7. The van der Waals surface area contributed by atoms with Crippen molar-refractivity contribution in [3.8, 4) is 0 Å². The second-order valence-electron chi connectivity index (χ2n) is 10.5. The van der Waals surface area contributed by atoms with Crippen molar-refractivity contribution in [2.24, 2.45) is 0 Å². The van der Waals surface area contributed by atoms with Crippen molar-refractivity contribution in [1.29, 1.82) is 5.41 Å². The Morgan fingerprint density at radius 1 is 1.08 bits per heavy atom. The van der Waals surface area contributed by atoms with Crippen molar-refractivity contribution in [2.75, 3.05) is 29.3 Å². The highest BCUT2D eigenvalue weighted by Crippen LogP contribution is 2.46. The van der Waals surface area contributed by atoms with E-state index in [9.17, 15) is 13.8 Å². The number of nitrogens with one attached hydrogen (secondary N) is 2. The summed E-state index contributed by atoms with van der Waals surface area (Å²) < 4.78 is 28.7. The second kappa shape index (κ2) is 10.2. The minimum atomic E-state index is -3.35. The SMILES string of the molecule is Cc1cnc(N2CCN(C(=N)c3c(C)cccc3NSc3cccc(S(=O)(=O)C(C)C)c3)C3(CC3)C2)nc1. The molecule has 1 aliphatic carbocycles. The van der Waals surface area contributed by atoms with Gasteiger partial charge < -0.3 is 14.5 Å². The molecule has 0 bridgehead atoms. The van der Waals surface area contributed by atoms with E-state index < -0.39 is 15.1 Å². The van der Waals surface area contributed by atoms with Crippen molar-refractivity contribution < 1.29 is 8.42 Å². The molecular formula is C28H34N6O2S2. The lowest BCUT2D eigenvalue weighted by molar-refractivity contribution is 0.257. The van der Waals surface area contributed by atoms with Crippen molar-refractivity contribution in [3.05, 3.63) is 71.5 Å². The first-order chi connectivity index (χ1) is 18.1. The van der Waals surface area contributed by atoms with E-state index in [4.69, 9.17) is 0 Å². The van der Waals surface area contributed by atoms with Gasteiger partial charge in [0.1, 0.15) is 5.84 Å². The van der Waals surface area contributed by atoms with Crippen LogP contribution in [0.25, 0.3) is 0 Å². The molecule has 1 saturated heterocycles. The summed E-state index contributed by atoms with van der Waals surface area (Å²) in [5.74, 6) is 1.27. The van der Waals surface area contributed by atoms with Gasteiger partial charge in [0.2, 0.25) is 5.95 Å². The fourth-order valence-electron chi connectivity index (χ4n) is 4.92. The third-order valence-corrected chi connectivity index (χ3v) is 10.3. The monoisotopic (exact) mass is 550 g/mol. The van der Waals surface area contributed by atoms with Crippen LogP contribution >= 0.6 is 11.9 Å². The zero-order valence-electron chi connectivity index (χ0n) is 22.2. The normalized spacial score (nSPS) is 16.7. The predicted molar refractivity (Wildman–Crippen MR) is 154 cm³/mol. The Morgan fingerprint density at radius 2 is 1.79 bits per heavy atom. The lowest BCUT2D eigenvalue weighted by atomic mass is 10.0. The first-order valence-corrected chi connectivity index (χ1v) is 15.2. The fraction of sp³-hybridized carbons (Fsp3) is 0.393. The Labute approximate surface area is 229 Å². The number of amidine groups is 1. The van der Waals surface area contributed by atoms with Gasteiger partial charge in [0.15, 0.2) is 9.84 Å². The molecule has 2 N–H and O–H groups in total. The summed E-state index contributed by atoms with van der Waals surface area (Å²) in [7, 11) is -3.35. The Hall–Kier alpha value is -3.11. The summed E-state index contributed by atoms with van der Waals surface area (Å²) in [5, 5.41) is 8.81. The van der Waals surface area contributed by atoms with Gasteiger partial charge in [-0.05, 0) is 87.9 Å². The third kappa shape index (κ3) is 5.11. The minimum Gasteiger partial charge on any atom is -0.347 e. The average Bonchev–Trinajstić information content (AvgIpc) is 3.66. The molecule has 8 nitrogen and oxygen atoms in total. The van der Waals surface area contributed by atoms with Gasteiger partial charge in [0.25, 0.3) is 0 Å². The molecule has 2 aliphatic rings. The molecule has 1 spiro atoms. The van der Waals surface area contributed by atoms with Crippen molar-refractivity contribution in [3.63, 3.8) is 0 Å². The van der Waals surface area contributed by atoms with Crippen molar-refractivity contribution in [2.45, 2.75) is 61.1 Å². The number of sulfone groups is 1. The Morgan fingerprint density at radius 3 is 2.47 bits per heavy atom. The smallest absolute Gasteiger partial charge is 0.225 e. The molecule has 0 radical (unpaired) electrons. The number of aromatic nitrogens is 2. The van der Waals surface area contributed by atoms with E-state index in [1.165, 1.54) is 11.9 Å². The van der Waals surface area contributed by atoms with E-state index >= 15 is 0 Å². The van der Waals surface area contributed by atoms with Crippen LogP contribution < -0.4 is 9.62 Å². The summed E-state index contributed by atoms with van der Waals surface area (Å²) in [6, 6.07) is 13.0. The molecule has 5 rings (SSSR count). The van der Waals surface area contributed by atoms with Gasteiger partial charge in [-0.3, -0.25) is 5.41 Å². The molecule has 0 amide bonds. The molecule has 0 unspecified atom stereocenters. The molecule has 2 aromatic carbocycles. The first-order valence-electron chi connectivity index (χ1n) is 12.9. The molecule has 2 fully saturated rings. The van der Waals surface area contributed by atoms with Gasteiger partial charge in [-0.2, -0.15) is 0 Å². The lowest BCUT2D eigenvalue weighted by Gasteiger charge is -2.44. The summed E-state index contributed by atoms with van der Waals surface area (Å²) in [6.07, 6.45) is 5.79. The van der Waals surface area contributed by atoms with Gasteiger partial charge in [0, 0.05) is 42.5 Å². The maximum atomic E-state index is 12.6. The van der Waals surface area contributed by atoms with Gasteiger partial charge in [0.05, 0.1) is 21.4 Å². The van der Waals surface area contributed by atoms with Crippen LogP contribution in [0.1, 0.15) is 43.4 Å². The van der Waals surface area contributed by atoms with Gasteiger partial charge in [-0.25, -0.2) is 18.4 Å². The molecule has 1 aliphatic heterocycles. The highest BCUT2D eigenvalue weighted by Gasteiger charge is 2.53. The van der Waals surface area contributed by atoms with Gasteiger partial charge in [-0.1, -0.05) is 18.2 Å². The molecule has 1 aromatic heterocycles. The van der Waals surface area contributed by atoms with E-state index in [1.807, 2.05) is 50.5 Å². The van der Waals surface area contributed by atoms with Crippen LogP contribution in [0.3, 0.4) is 0 Å². The topological polar surface area (TPSA) is 102 Å². The summed E-state index contributed by atoms with van der Waals surface area (Å²) in [5.41, 5.74) is 3.71. The van der Waals surface area contributed by atoms with Crippen LogP contribution in [0.2, 0.25) is 0 Å². The molecular weight excluding hydrogens is 516 g/mol. The summed E-state index contributed by atoms with van der Waals surface area (Å²) in [4.78, 5) is 14.7. The Bertz CT molecular complexity index is 1450. The molecule has 200 valence electrons. The largest absolute Gasteiger partial charge is 0.347 e. The summed E-state index contributed by atoms with van der Waals surface area (Å²) >= 11 is 1.36. The lowest BCUT2D eigenvalue weighted by Crippen LogP contribution is -2.57. The predicted octanol–water partition coefficient (Wildman–Crippen LogP) is 5.07. The number of piperazine rings is 1. The third-order valence-electron chi connectivity index (χ3n) is 7.34.